The summed E-state index contributed by atoms with van der Waals surface area (Å²) in [7, 11) is 0. The van der Waals surface area contributed by atoms with E-state index in [2.05, 4.69) is 39.8 Å². The minimum atomic E-state index is -0.0132. The first-order chi connectivity index (χ1) is 13.3. The number of hydrogen-bond donors (Lipinski definition) is 2. The quantitative estimate of drug-likeness (QED) is 0.824. The second-order valence-electron chi connectivity index (χ2n) is 7.87. The van der Waals surface area contributed by atoms with Gasteiger partial charge in [-0.2, -0.15) is 5.10 Å². The number of hydrogen-bond acceptors (Lipinski definition) is 3. The van der Waals surface area contributed by atoms with E-state index in [-0.39, 0.29) is 11.3 Å². The number of rotatable bonds is 6. The minimum absolute atomic E-state index is 0.0132. The highest BCUT2D eigenvalue weighted by molar-refractivity contribution is 5.76. The van der Waals surface area contributed by atoms with Crippen LogP contribution in [-0.4, -0.2) is 35.9 Å². The molecule has 1 aromatic carbocycles. The molecule has 1 amide bonds. The maximum absolute atomic E-state index is 12.5. The summed E-state index contributed by atoms with van der Waals surface area (Å²) in [4.78, 5) is 12.5. The summed E-state index contributed by atoms with van der Waals surface area (Å²) < 4.78 is 5.58. The van der Waals surface area contributed by atoms with Crippen molar-refractivity contribution in [1.29, 1.82) is 0 Å². The zero-order valence-electron chi connectivity index (χ0n) is 15.9. The minimum Gasteiger partial charge on any atom is -0.381 e. The molecule has 144 valence electrons. The number of benzene rings is 1. The topological polar surface area (TPSA) is 67.0 Å². The molecule has 0 spiro atoms. The molecule has 2 N–H and O–H groups in total. The van der Waals surface area contributed by atoms with E-state index < -0.39 is 0 Å². The normalized spacial score (nSPS) is 18.7. The second kappa shape index (κ2) is 8.26. The molecule has 1 fully saturated rings. The molecule has 1 aromatic heterocycles. The van der Waals surface area contributed by atoms with Crippen LogP contribution in [0.15, 0.2) is 30.3 Å². The molecule has 2 aliphatic rings. The maximum atomic E-state index is 12.5. The smallest absolute Gasteiger partial charge is 0.220 e. The van der Waals surface area contributed by atoms with Crippen molar-refractivity contribution >= 4 is 5.91 Å². The predicted octanol–water partition coefficient (Wildman–Crippen LogP) is 3.09. The molecule has 2 heterocycles. The number of H-pyrrole nitrogens is 1. The third-order valence-electron chi connectivity index (χ3n) is 6.19. The molecule has 0 bridgehead atoms. The Morgan fingerprint density at radius 2 is 1.93 bits per heavy atom. The lowest BCUT2D eigenvalue weighted by atomic mass is 9.74. The molecule has 5 nitrogen and oxygen atoms in total. The van der Waals surface area contributed by atoms with Gasteiger partial charge in [-0.1, -0.05) is 30.3 Å². The third kappa shape index (κ3) is 4.08. The summed E-state index contributed by atoms with van der Waals surface area (Å²) >= 11 is 0. The van der Waals surface area contributed by atoms with Crippen LogP contribution in [0.3, 0.4) is 0 Å². The van der Waals surface area contributed by atoms with Crippen LogP contribution < -0.4 is 5.32 Å². The number of fused-ring (bicyclic) bond motifs is 1. The number of carbonyl (C=O) groups is 1. The highest BCUT2D eigenvalue weighted by atomic mass is 16.5. The lowest BCUT2D eigenvalue weighted by Crippen LogP contribution is -2.44. The van der Waals surface area contributed by atoms with Gasteiger partial charge in [0.25, 0.3) is 0 Å². The average Bonchev–Trinajstić information content (AvgIpc) is 3.15. The first-order valence-corrected chi connectivity index (χ1v) is 10.2. The lowest BCUT2D eigenvalue weighted by molar-refractivity contribution is -0.121. The van der Waals surface area contributed by atoms with Crippen LogP contribution in [0.1, 0.15) is 54.6 Å². The Balaban J connectivity index is 1.35. The van der Waals surface area contributed by atoms with Gasteiger partial charge in [0.1, 0.15) is 0 Å². The number of amides is 1. The monoisotopic (exact) mass is 367 g/mol. The van der Waals surface area contributed by atoms with Crippen molar-refractivity contribution in [2.75, 3.05) is 19.8 Å². The zero-order valence-corrected chi connectivity index (χ0v) is 15.9. The molecule has 5 heteroatoms. The zero-order chi connectivity index (χ0) is 18.5. The molecule has 1 aliphatic heterocycles. The molecule has 0 atom stereocenters. The van der Waals surface area contributed by atoms with Crippen molar-refractivity contribution in [3.8, 4) is 0 Å². The van der Waals surface area contributed by atoms with Crippen LogP contribution >= 0.6 is 0 Å². The van der Waals surface area contributed by atoms with E-state index >= 15 is 0 Å². The van der Waals surface area contributed by atoms with E-state index in [9.17, 15) is 4.79 Å². The summed E-state index contributed by atoms with van der Waals surface area (Å²) in [5.74, 6) is 0.115. The van der Waals surface area contributed by atoms with Gasteiger partial charge in [0.15, 0.2) is 0 Å². The number of aryl methyl sites for hydroxylation is 2. The number of nitrogens with one attached hydrogen (secondary N) is 2. The van der Waals surface area contributed by atoms with E-state index in [0.717, 1.165) is 51.0 Å². The standard InChI is InChI=1S/C22H29N3O2/c26-21(11-10-20-18-8-4-5-9-19(18)24-25-20)23-16-22(12-14-27-15-13-22)17-6-2-1-3-7-17/h1-3,6-7H,4-5,8-16H2,(H,23,26)(H,24,25). The molecular formula is C22H29N3O2. The first kappa shape index (κ1) is 18.2. The number of carbonyl (C=O) groups excluding carboxylic acids is 1. The molecule has 1 saturated heterocycles. The second-order valence-corrected chi connectivity index (χ2v) is 7.87. The van der Waals surface area contributed by atoms with Gasteiger partial charge < -0.3 is 10.1 Å². The van der Waals surface area contributed by atoms with Gasteiger partial charge >= 0.3 is 0 Å². The maximum Gasteiger partial charge on any atom is 0.220 e. The van der Waals surface area contributed by atoms with Crippen molar-refractivity contribution in [1.82, 2.24) is 15.5 Å². The molecule has 27 heavy (non-hydrogen) atoms. The number of nitrogens with zero attached hydrogens (tertiary/aromatic N) is 1. The molecule has 0 radical (unpaired) electrons. The highest BCUT2D eigenvalue weighted by Crippen LogP contribution is 2.34. The molecule has 0 saturated carbocycles. The number of aromatic nitrogens is 2. The fourth-order valence-electron chi connectivity index (χ4n) is 4.47. The van der Waals surface area contributed by atoms with Gasteiger partial charge in [0, 0.05) is 43.7 Å². The Morgan fingerprint density at radius 3 is 2.74 bits per heavy atom. The summed E-state index contributed by atoms with van der Waals surface area (Å²) in [6, 6.07) is 10.5. The molecule has 0 unspecified atom stereocenters. The molecule has 1 aliphatic carbocycles. The Bertz CT molecular complexity index is 763. The predicted molar refractivity (Wildman–Crippen MR) is 105 cm³/mol. The van der Waals surface area contributed by atoms with Crippen LogP contribution in [0.2, 0.25) is 0 Å². The molecule has 2 aromatic rings. The fraction of sp³-hybridized carbons (Fsp3) is 0.545. The Kier molecular flexibility index (Phi) is 5.58. The summed E-state index contributed by atoms with van der Waals surface area (Å²) in [5.41, 5.74) is 5.01. The van der Waals surface area contributed by atoms with Gasteiger partial charge in [0.05, 0.1) is 5.69 Å². The van der Waals surface area contributed by atoms with Gasteiger partial charge in [-0.25, -0.2) is 0 Å². The first-order valence-electron chi connectivity index (χ1n) is 10.2. The number of ether oxygens (including phenoxy) is 1. The summed E-state index contributed by atoms with van der Waals surface area (Å²) in [6.45, 7) is 2.19. The lowest BCUT2D eigenvalue weighted by Gasteiger charge is -2.38. The Morgan fingerprint density at radius 1 is 1.15 bits per heavy atom. The van der Waals surface area contributed by atoms with Crippen LogP contribution in [0.25, 0.3) is 0 Å². The third-order valence-corrected chi connectivity index (χ3v) is 6.19. The van der Waals surface area contributed by atoms with E-state index in [1.807, 2.05) is 6.07 Å². The van der Waals surface area contributed by atoms with E-state index in [1.54, 1.807) is 0 Å². The van der Waals surface area contributed by atoms with Gasteiger partial charge in [-0.3, -0.25) is 9.89 Å². The Labute approximate surface area is 160 Å². The average molecular weight is 367 g/mol. The van der Waals surface area contributed by atoms with Gasteiger partial charge in [-0.05, 0) is 49.7 Å². The van der Waals surface area contributed by atoms with Crippen LogP contribution in [0, 0.1) is 0 Å². The van der Waals surface area contributed by atoms with Crippen molar-refractivity contribution in [2.24, 2.45) is 0 Å². The highest BCUT2D eigenvalue weighted by Gasteiger charge is 2.34. The van der Waals surface area contributed by atoms with E-state index in [4.69, 9.17) is 4.74 Å². The Hall–Kier alpha value is -2.14. The molecule has 4 rings (SSSR count). The van der Waals surface area contributed by atoms with Crippen molar-refractivity contribution < 1.29 is 9.53 Å². The van der Waals surface area contributed by atoms with Crippen molar-refractivity contribution in [3.05, 3.63) is 52.8 Å². The largest absolute Gasteiger partial charge is 0.381 e. The van der Waals surface area contributed by atoms with Gasteiger partial charge in [-0.15, -0.1) is 0 Å². The SMILES string of the molecule is O=C(CCc1n[nH]c2c1CCCC2)NCC1(c2ccccc2)CCOCC1. The number of aromatic amines is 1. The van der Waals surface area contributed by atoms with E-state index in [0.29, 0.717) is 13.0 Å². The van der Waals surface area contributed by atoms with E-state index in [1.165, 1.54) is 29.7 Å². The van der Waals surface area contributed by atoms with Gasteiger partial charge in [0.2, 0.25) is 5.91 Å². The molecular weight excluding hydrogens is 338 g/mol. The van der Waals surface area contributed by atoms with Crippen LogP contribution in [0.4, 0.5) is 0 Å². The summed E-state index contributed by atoms with van der Waals surface area (Å²) in [6.07, 6.45) is 7.77. The fourth-order valence-corrected chi connectivity index (χ4v) is 4.47. The van der Waals surface area contributed by atoms with Crippen LogP contribution in [-0.2, 0) is 34.2 Å². The summed E-state index contributed by atoms with van der Waals surface area (Å²) in [5, 5.41) is 10.8. The van der Waals surface area contributed by atoms with Crippen molar-refractivity contribution in [2.45, 2.75) is 56.8 Å². The van der Waals surface area contributed by atoms with Crippen LogP contribution in [0.5, 0.6) is 0 Å². The van der Waals surface area contributed by atoms with Crippen molar-refractivity contribution in [3.63, 3.8) is 0 Å².